The van der Waals surface area contributed by atoms with E-state index in [0.717, 1.165) is 116 Å². The van der Waals surface area contributed by atoms with Gasteiger partial charge in [0, 0.05) is 19.3 Å². The highest BCUT2D eigenvalue weighted by Gasteiger charge is 2.19. The van der Waals surface area contributed by atoms with Crippen molar-refractivity contribution in [3.05, 3.63) is 97.2 Å². The van der Waals surface area contributed by atoms with Crippen LogP contribution in [0.25, 0.3) is 0 Å². The molecule has 0 aromatic heterocycles. The van der Waals surface area contributed by atoms with Crippen LogP contribution in [0, 0.1) is 0 Å². The van der Waals surface area contributed by atoms with Gasteiger partial charge >= 0.3 is 17.9 Å². The third kappa shape index (κ3) is 57.1. The van der Waals surface area contributed by atoms with Crippen molar-refractivity contribution in [1.82, 2.24) is 0 Å². The molecule has 71 heavy (non-hydrogen) atoms. The molecule has 0 radical (unpaired) electrons. The summed E-state index contributed by atoms with van der Waals surface area (Å²) in [6, 6.07) is 0. The van der Waals surface area contributed by atoms with E-state index in [0.29, 0.717) is 19.3 Å². The minimum absolute atomic E-state index is 0.0761. The van der Waals surface area contributed by atoms with E-state index >= 15 is 0 Å². The zero-order valence-electron chi connectivity index (χ0n) is 46.5. The molecule has 0 aliphatic heterocycles. The van der Waals surface area contributed by atoms with Gasteiger partial charge in [0.15, 0.2) is 6.10 Å². The van der Waals surface area contributed by atoms with Crippen molar-refractivity contribution in [3.8, 4) is 0 Å². The molecule has 0 spiro atoms. The highest BCUT2D eigenvalue weighted by atomic mass is 16.6. The van der Waals surface area contributed by atoms with Gasteiger partial charge in [-0.25, -0.2) is 0 Å². The van der Waals surface area contributed by atoms with E-state index in [4.69, 9.17) is 14.2 Å². The lowest BCUT2D eigenvalue weighted by Gasteiger charge is -2.18. The lowest BCUT2D eigenvalue weighted by Crippen LogP contribution is -2.30. The number of carbonyl (C=O) groups is 3. The molecular formula is C65H110O6. The van der Waals surface area contributed by atoms with Crippen LogP contribution in [0.2, 0.25) is 0 Å². The third-order valence-electron chi connectivity index (χ3n) is 12.6. The Morgan fingerprint density at radius 2 is 0.549 bits per heavy atom. The summed E-state index contributed by atoms with van der Waals surface area (Å²) in [4.78, 5) is 37.9. The van der Waals surface area contributed by atoms with Gasteiger partial charge in [-0.1, -0.05) is 272 Å². The number of allylic oxidation sites excluding steroid dienone is 16. The standard InChI is InChI=1S/C65H110O6/c1-4-7-10-13-16-19-21-23-24-25-26-27-28-29-30-31-32-33-34-35-36-37-38-39-40-41-42-43-45-46-49-52-55-58-64(67)70-61-62(60-69-63(66)57-54-51-48-18-15-12-9-6-3)71-65(68)59-56-53-50-47-44-22-20-17-14-11-8-5-2/h7,10,16,19,23-24,26-27,29-30,32-33,35-36,38-39,62H,4-6,8-9,11-15,17-18,20-22,25,28,31,34,37,40-61H2,1-3H3/b10-7-,19-16-,24-23-,27-26-,30-29-,33-32-,36-35-,39-38-. The van der Waals surface area contributed by atoms with E-state index in [2.05, 4.69) is 118 Å². The number of carbonyl (C=O) groups excluding carboxylic acids is 3. The molecule has 0 heterocycles. The average Bonchev–Trinajstić information content (AvgIpc) is 3.37. The summed E-state index contributed by atoms with van der Waals surface area (Å²) in [5.74, 6) is -0.885. The molecule has 1 atom stereocenters. The maximum Gasteiger partial charge on any atom is 0.306 e. The molecular weight excluding hydrogens is 877 g/mol. The molecule has 0 rings (SSSR count). The van der Waals surface area contributed by atoms with Crippen LogP contribution in [0.5, 0.6) is 0 Å². The van der Waals surface area contributed by atoms with Crippen molar-refractivity contribution in [2.45, 2.75) is 284 Å². The number of hydrogen-bond donors (Lipinski definition) is 0. The second-order valence-electron chi connectivity index (χ2n) is 19.5. The van der Waals surface area contributed by atoms with Crippen LogP contribution in [-0.2, 0) is 28.6 Å². The quantitative estimate of drug-likeness (QED) is 0.0261. The Morgan fingerprint density at radius 1 is 0.296 bits per heavy atom. The second-order valence-corrected chi connectivity index (χ2v) is 19.5. The van der Waals surface area contributed by atoms with Crippen molar-refractivity contribution in [2.75, 3.05) is 13.2 Å². The van der Waals surface area contributed by atoms with Gasteiger partial charge in [-0.3, -0.25) is 14.4 Å². The van der Waals surface area contributed by atoms with Crippen LogP contribution >= 0.6 is 0 Å². The van der Waals surface area contributed by atoms with E-state index in [1.165, 1.54) is 122 Å². The summed E-state index contributed by atoms with van der Waals surface area (Å²) in [6.45, 7) is 6.49. The highest BCUT2D eigenvalue weighted by molar-refractivity contribution is 5.71. The van der Waals surface area contributed by atoms with Gasteiger partial charge in [-0.05, 0) is 83.5 Å². The summed E-state index contributed by atoms with van der Waals surface area (Å²) in [7, 11) is 0. The predicted molar refractivity (Wildman–Crippen MR) is 307 cm³/mol. The van der Waals surface area contributed by atoms with E-state index in [1.807, 2.05) is 0 Å². The Bertz CT molecular complexity index is 1410. The van der Waals surface area contributed by atoms with Crippen molar-refractivity contribution < 1.29 is 28.6 Å². The summed E-state index contributed by atoms with van der Waals surface area (Å²) in [5.41, 5.74) is 0. The Balaban J connectivity index is 4.12. The molecule has 0 aromatic rings. The molecule has 0 aliphatic carbocycles. The lowest BCUT2D eigenvalue weighted by atomic mass is 10.0. The maximum atomic E-state index is 12.8. The largest absolute Gasteiger partial charge is 0.462 e. The Labute approximate surface area is 438 Å². The number of rotatable bonds is 53. The Hall–Kier alpha value is -3.67. The summed E-state index contributed by atoms with van der Waals surface area (Å²) in [6.07, 6.45) is 78.5. The zero-order valence-corrected chi connectivity index (χ0v) is 46.5. The fraction of sp³-hybridized carbons (Fsp3) is 0.708. The Kier molecular flexibility index (Phi) is 55.9. The molecule has 0 saturated heterocycles. The lowest BCUT2D eigenvalue weighted by molar-refractivity contribution is -0.167. The molecule has 0 aromatic carbocycles. The maximum absolute atomic E-state index is 12.8. The smallest absolute Gasteiger partial charge is 0.306 e. The second kappa shape index (κ2) is 58.9. The van der Waals surface area contributed by atoms with E-state index in [-0.39, 0.29) is 31.1 Å². The number of esters is 3. The minimum atomic E-state index is -0.775. The minimum Gasteiger partial charge on any atom is -0.462 e. The van der Waals surface area contributed by atoms with Crippen LogP contribution in [-0.4, -0.2) is 37.2 Å². The topological polar surface area (TPSA) is 78.9 Å². The van der Waals surface area contributed by atoms with Crippen LogP contribution < -0.4 is 0 Å². The van der Waals surface area contributed by atoms with E-state index in [9.17, 15) is 14.4 Å². The first-order valence-corrected chi connectivity index (χ1v) is 29.7. The van der Waals surface area contributed by atoms with Gasteiger partial charge in [0.1, 0.15) is 13.2 Å². The molecule has 406 valence electrons. The predicted octanol–water partition coefficient (Wildman–Crippen LogP) is 20.1. The van der Waals surface area contributed by atoms with Gasteiger partial charge in [-0.15, -0.1) is 0 Å². The molecule has 0 saturated carbocycles. The normalized spacial score (nSPS) is 12.8. The summed E-state index contributed by atoms with van der Waals surface area (Å²) >= 11 is 0. The highest BCUT2D eigenvalue weighted by Crippen LogP contribution is 2.15. The summed E-state index contributed by atoms with van der Waals surface area (Å²) in [5, 5.41) is 0. The summed E-state index contributed by atoms with van der Waals surface area (Å²) < 4.78 is 16.8. The van der Waals surface area contributed by atoms with Gasteiger partial charge in [0.25, 0.3) is 0 Å². The molecule has 6 heteroatoms. The SMILES string of the molecule is CC/C=C\C/C=C\C/C=C\C/C=C\C/C=C\C/C=C\C/C=C\C/C=C\CCCCCCCCCCC(=O)OCC(COC(=O)CCCCCCCCCC)OC(=O)CCCCCCCCCCCCCC. The van der Waals surface area contributed by atoms with Gasteiger partial charge < -0.3 is 14.2 Å². The molecule has 0 fully saturated rings. The first-order chi connectivity index (χ1) is 35.0. The zero-order chi connectivity index (χ0) is 51.4. The van der Waals surface area contributed by atoms with E-state index in [1.54, 1.807) is 0 Å². The fourth-order valence-corrected chi connectivity index (χ4v) is 8.16. The van der Waals surface area contributed by atoms with Crippen molar-refractivity contribution in [1.29, 1.82) is 0 Å². The fourth-order valence-electron chi connectivity index (χ4n) is 8.16. The Morgan fingerprint density at radius 3 is 0.859 bits per heavy atom. The third-order valence-corrected chi connectivity index (χ3v) is 12.6. The monoisotopic (exact) mass is 987 g/mol. The number of unbranched alkanes of at least 4 members (excludes halogenated alkanes) is 26. The van der Waals surface area contributed by atoms with Gasteiger partial charge in [0.05, 0.1) is 0 Å². The molecule has 0 N–H and O–H groups in total. The molecule has 1 unspecified atom stereocenters. The van der Waals surface area contributed by atoms with Gasteiger partial charge in [-0.2, -0.15) is 0 Å². The average molecular weight is 988 g/mol. The first kappa shape index (κ1) is 67.3. The van der Waals surface area contributed by atoms with Gasteiger partial charge in [0.2, 0.25) is 0 Å². The van der Waals surface area contributed by atoms with Crippen LogP contribution in [0.3, 0.4) is 0 Å². The molecule has 0 bridgehead atoms. The van der Waals surface area contributed by atoms with E-state index < -0.39 is 6.10 Å². The van der Waals surface area contributed by atoms with Crippen LogP contribution in [0.4, 0.5) is 0 Å². The number of hydrogen-bond acceptors (Lipinski definition) is 6. The van der Waals surface area contributed by atoms with Crippen molar-refractivity contribution in [3.63, 3.8) is 0 Å². The molecule has 6 nitrogen and oxygen atoms in total. The molecule has 0 amide bonds. The van der Waals surface area contributed by atoms with Crippen molar-refractivity contribution in [2.24, 2.45) is 0 Å². The number of ether oxygens (including phenoxy) is 3. The first-order valence-electron chi connectivity index (χ1n) is 29.7. The van der Waals surface area contributed by atoms with Crippen LogP contribution in [0.15, 0.2) is 97.2 Å². The van der Waals surface area contributed by atoms with Crippen molar-refractivity contribution >= 4 is 17.9 Å². The molecule has 0 aliphatic rings. The van der Waals surface area contributed by atoms with Crippen LogP contribution in [0.1, 0.15) is 278 Å².